The fraction of sp³-hybridized carbons (Fsp3) is 0.750. The molecule has 1 aliphatic heterocycles. The first-order valence-corrected chi connectivity index (χ1v) is 5.86. The highest BCUT2D eigenvalue weighted by molar-refractivity contribution is 8.93. The smallest absolute Gasteiger partial charge is 0.0527 e. The van der Waals surface area contributed by atoms with Crippen LogP contribution in [0.15, 0.2) is 17.4 Å². The molecule has 1 heterocycles. The van der Waals surface area contributed by atoms with Crippen molar-refractivity contribution in [3.05, 3.63) is 12.4 Å². The second-order valence-electron chi connectivity index (χ2n) is 3.89. The molecule has 1 aliphatic rings. The fourth-order valence-electron chi connectivity index (χ4n) is 1.67. The van der Waals surface area contributed by atoms with Crippen LogP contribution < -0.4 is 0 Å². The number of halogens is 1. The van der Waals surface area contributed by atoms with E-state index in [1.807, 2.05) is 12.4 Å². The molecule has 0 spiro atoms. The molecule has 0 radical (unpaired) electrons. The Kier molecular flexibility index (Phi) is 10.0. The van der Waals surface area contributed by atoms with E-state index >= 15 is 0 Å². The van der Waals surface area contributed by atoms with E-state index in [1.54, 1.807) is 0 Å². The molecule has 0 saturated heterocycles. The van der Waals surface area contributed by atoms with Gasteiger partial charge >= 0.3 is 0 Å². The summed E-state index contributed by atoms with van der Waals surface area (Å²) in [5, 5.41) is 0. The number of nitrogens with zero attached hydrogens (tertiary/aromatic N) is 2. The van der Waals surface area contributed by atoms with E-state index in [2.05, 4.69) is 23.0 Å². The monoisotopic (exact) mass is 274 g/mol. The molecule has 0 bridgehead atoms. The molecular formula is C12H23BrN2. The Bertz CT molecular complexity index is 190. The lowest BCUT2D eigenvalue weighted by molar-refractivity contribution is 0.403. The maximum atomic E-state index is 4.05. The standard InChI is InChI=1S/C12H22N2.BrH/c1-2-3-4-5-6-7-10-14-11-8-13-9-12-14;/h8-9,11H,2-7,10,12H2,1H3;1H. The second-order valence-corrected chi connectivity index (χ2v) is 3.89. The lowest BCUT2D eigenvalue weighted by Gasteiger charge is -2.19. The quantitative estimate of drug-likeness (QED) is 0.645. The van der Waals surface area contributed by atoms with E-state index in [4.69, 9.17) is 0 Å². The van der Waals surface area contributed by atoms with Crippen LogP contribution in [0.25, 0.3) is 0 Å². The van der Waals surface area contributed by atoms with Crippen molar-refractivity contribution in [2.75, 3.05) is 13.1 Å². The zero-order valence-corrected chi connectivity index (χ0v) is 11.4. The minimum Gasteiger partial charge on any atom is -0.371 e. The Morgan fingerprint density at radius 2 is 1.87 bits per heavy atom. The SMILES string of the molecule is Br.CCCCCCCCN1C=CN=CC1. The third-order valence-corrected chi connectivity index (χ3v) is 2.58. The van der Waals surface area contributed by atoms with Crippen LogP contribution in [0.3, 0.4) is 0 Å². The molecule has 0 fully saturated rings. The highest BCUT2D eigenvalue weighted by atomic mass is 79.9. The van der Waals surface area contributed by atoms with E-state index in [0.717, 1.165) is 6.54 Å². The van der Waals surface area contributed by atoms with E-state index in [9.17, 15) is 0 Å². The third-order valence-electron chi connectivity index (χ3n) is 2.58. The van der Waals surface area contributed by atoms with Crippen LogP contribution in [0.5, 0.6) is 0 Å². The molecular weight excluding hydrogens is 252 g/mol. The largest absolute Gasteiger partial charge is 0.371 e. The molecule has 0 amide bonds. The summed E-state index contributed by atoms with van der Waals surface area (Å²) in [7, 11) is 0. The van der Waals surface area contributed by atoms with E-state index in [-0.39, 0.29) is 17.0 Å². The van der Waals surface area contributed by atoms with Gasteiger partial charge in [-0.25, -0.2) is 0 Å². The van der Waals surface area contributed by atoms with Gasteiger partial charge in [-0.15, -0.1) is 17.0 Å². The number of unbranched alkanes of at least 4 members (excludes halogenated alkanes) is 5. The molecule has 3 heteroatoms. The lowest BCUT2D eigenvalue weighted by Crippen LogP contribution is -2.22. The average Bonchev–Trinajstić information content (AvgIpc) is 2.25. The van der Waals surface area contributed by atoms with E-state index in [0.29, 0.717) is 0 Å². The summed E-state index contributed by atoms with van der Waals surface area (Å²) < 4.78 is 0. The summed E-state index contributed by atoms with van der Waals surface area (Å²) in [6.07, 6.45) is 14.2. The van der Waals surface area contributed by atoms with Crippen LogP contribution in [0.1, 0.15) is 45.4 Å². The minimum absolute atomic E-state index is 0. The van der Waals surface area contributed by atoms with Crippen LogP contribution >= 0.6 is 17.0 Å². The van der Waals surface area contributed by atoms with Crippen molar-refractivity contribution < 1.29 is 0 Å². The number of aliphatic imine (C=N–C) groups is 1. The predicted molar refractivity (Wildman–Crippen MR) is 72.9 cm³/mol. The summed E-state index contributed by atoms with van der Waals surface area (Å²) in [6.45, 7) is 4.44. The number of hydrogen-bond acceptors (Lipinski definition) is 2. The predicted octanol–water partition coefficient (Wildman–Crippen LogP) is 3.78. The van der Waals surface area contributed by atoms with Crippen LogP contribution in [0.2, 0.25) is 0 Å². The Morgan fingerprint density at radius 3 is 2.53 bits per heavy atom. The van der Waals surface area contributed by atoms with Crippen LogP contribution in [0, 0.1) is 0 Å². The molecule has 88 valence electrons. The average molecular weight is 275 g/mol. The first-order valence-electron chi connectivity index (χ1n) is 5.86. The van der Waals surface area contributed by atoms with Gasteiger partial charge in [-0.3, -0.25) is 4.99 Å². The summed E-state index contributed by atoms with van der Waals surface area (Å²) in [5.41, 5.74) is 0. The Hall–Kier alpha value is -0.310. The molecule has 0 unspecified atom stereocenters. The van der Waals surface area contributed by atoms with Crippen molar-refractivity contribution in [1.82, 2.24) is 4.90 Å². The molecule has 0 atom stereocenters. The Morgan fingerprint density at radius 1 is 1.13 bits per heavy atom. The van der Waals surface area contributed by atoms with Gasteiger partial charge in [0.15, 0.2) is 0 Å². The molecule has 1 rings (SSSR count). The zero-order valence-electron chi connectivity index (χ0n) is 9.69. The van der Waals surface area contributed by atoms with Gasteiger partial charge in [0, 0.05) is 25.2 Å². The Balaban J connectivity index is 0.00000196. The number of rotatable bonds is 7. The number of hydrogen-bond donors (Lipinski definition) is 0. The first-order chi connectivity index (χ1) is 6.93. The van der Waals surface area contributed by atoms with Crippen molar-refractivity contribution in [3.8, 4) is 0 Å². The summed E-state index contributed by atoms with van der Waals surface area (Å²) in [5.74, 6) is 0. The van der Waals surface area contributed by atoms with Gasteiger partial charge in [0.25, 0.3) is 0 Å². The summed E-state index contributed by atoms with van der Waals surface area (Å²) >= 11 is 0. The van der Waals surface area contributed by atoms with Crippen molar-refractivity contribution in [2.24, 2.45) is 4.99 Å². The molecule has 0 aliphatic carbocycles. The topological polar surface area (TPSA) is 15.6 Å². The van der Waals surface area contributed by atoms with Crippen molar-refractivity contribution in [3.63, 3.8) is 0 Å². The first kappa shape index (κ1) is 14.7. The van der Waals surface area contributed by atoms with Gasteiger partial charge in [0.2, 0.25) is 0 Å². The van der Waals surface area contributed by atoms with Crippen LogP contribution in [-0.2, 0) is 0 Å². The Labute approximate surface area is 104 Å². The summed E-state index contributed by atoms with van der Waals surface area (Å²) in [6, 6.07) is 0. The maximum Gasteiger partial charge on any atom is 0.0527 e. The molecule has 2 nitrogen and oxygen atoms in total. The molecule has 0 aromatic heterocycles. The van der Waals surface area contributed by atoms with Gasteiger partial charge in [-0.05, 0) is 6.42 Å². The van der Waals surface area contributed by atoms with Crippen molar-refractivity contribution >= 4 is 23.2 Å². The van der Waals surface area contributed by atoms with Gasteiger partial charge in [-0.1, -0.05) is 39.0 Å². The second kappa shape index (κ2) is 10.2. The van der Waals surface area contributed by atoms with E-state index in [1.165, 1.54) is 45.1 Å². The molecule has 15 heavy (non-hydrogen) atoms. The third kappa shape index (κ3) is 7.60. The summed E-state index contributed by atoms with van der Waals surface area (Å²) in [4.78, 5) is 6.38. The van der Waals surface area contributed by atoms with Crippen molar-refractivity contribution in [2.45, 2.75) is 45.4 Å². The van der Waals surface area contributed by atoms with Crippen LogP contribution in [0.4, 0.5) is 0 Å². The van der Waals surface area contributed by atoms with E-state index < -0.39 is 0 Å². The van der Waals surface area contributed by atoms with Gasteiger partial charge < -0.3 is 4.90 Å². The van der Waals surface area contributed by atoms with Gasteiger partial charge in [0.1, 0.15) is 0 Å². The normalized spacial score (nSPS) is 14.1. The van der Waals surface area contributed by atoms with Gasteiger partial charge in [0.05, 0.1) is 6.54 Å². The molecule has 0 N–H and O–H groups in total. The highest BCUT2D eigenvalue weighted by Crippen LogP contribution is 2.06. The van der Waals surface area contributed by atoms with Crippen LogP contribution in [-0.4, -0.2) is 24.2 Å². The molecule has 0 saturated carbocycles. The fourth-order valence-corrected chi connectivity index (χ4v) is 1.67. The van der Waals surface area contributed by atoms with Gasteiger partial charge in [-0.2, -0.15) is 0 Å². The highest BCUT2D eigenvalue weighted by Gasteiger charge is 1.99. The minimum atomic E-state index is 0. The van der Waals surface area contributed by atoms with Crippen molar-refractivity contribution in [1.29, 1.82) is 0 Å². The zero-order chi connectivity index (χ0) is 10.1. The maximum absolute atomic E-state index is 4.05. The molecule has 0 aromatic rings. The molecule has 0 aromatic carbocycles. The lowest BCUT2D eigenvalue weighted by atomic mass is 10.1.